The van der Waals surface area contributed by atoms with Crippen molar-refractivity contribution in [1.82, 2.24) is 15.6 Å². The second-order valence-corrected chi connectivity index (χ2v) is 7.45. The van der Waals surface area contributed by atoms with E-state index in [1.807, 2.05) is 23.6 Å². The first kappa shape index (κ1) is 15.4. The van der Waals surface area contributed by atoms with Crippen molar-refractivity contribution >= 4 is 17.4 Å². The van der Waals surface area contributed by atoms with Gasteiger partial charge in [0, 0.05) is 24.0 Å². The Hall–Kier alpha value is -2.08. The lowest BCUT2D eigenvalue weighted by atomic mass is 9.97. The fourth-order valence-electron chi connectivity index (χ4n) is 3.15. The number of carbonyl (C=O) groups excluding carboxylic acids is 1. The summed E-state index contributed by atoms with van der Waals surface area (Å²) in [5.74, 6) is 1.81. The molecule has 1 aromatic heterocycles. The summed E-state index contributed by atoms with van der Waals surface area (Å²) < 4.78 is 5.78. The van der Waals surface area contributed by atoms with E-state index in [1.54, 1.807) is 17.5 Å². The molecule has 1 aromatic carbocycles. The van der Waals surface area contributed by atoms with Crippen molar-refractivity contribution in [1.29, 1.82) is 0 Å². The van der Waals surface area contributed by atoms with Gasteiger partial charge in [-0.05, 0) is 36.8 Å². The van der Waals surface area contributed by atoms with Crippen LogP contribution in [-0.4, -0.2) is 24.2 Å². The van der Waals surface area contributed by atoms with Crippen LogP contribution in [0.15, 0.2) is 35.8 Å². The number of urea groups is 1. The highest BCUT2D eigenvalue weighted by Crippen LogP contribution is 2.41. The number of carbonyl (C=O) groups is 1. The first-order chi connectivity index (χ1) is 11.8. The second-order valence-electron chi connectivity index (χ2n) is 6.53. The van der Waals surface area contributed by atoms with E-state index in [-0.39, 0.29) is 12.1 Å². The second kappa shape index (κ2) is 6.81. The van der Waals surface area contributed by atoms with Crippen LogP contribution in [0.5, 0.6) is 5.75 Å². The topological polar surface area (TPSA) is 63.2 Å². The van der Waals surface area contributed by atoms with Gasteiger partial charge in [-0.15, -0.1) is 11.3 Å². The van der Waals surface area contributed by atoms with E-state index in [2.05, 4.69) is 21.7 Å². The Labute approximate surface area is 145 Å². The van der Waals surface area contributed by atoms with Crippen molar-refractivity contribution in [3.05, 3.63) is 46.4 Å². The summed E-state index contributed by atoms with van der Waals surface area (Å²) in [4.78, 5) is 16.6. The minimum absolute atomic E-state index is 0.0494. The average Bonchev–Trinajstić information content (AvgIpc) is 3.31. The molecule has 2 aliphatic rings. The number of amides is 2. The molecule has 1 saturated carbocycles. The van der Waals surface area contributed by atoms with E-state index in [1.165, 1.54) is 5.56 Å². The Morgan fingerprint density at radius 3 is 3.04 bits per heavy atom. The van der Waals surface area contributed by atoms with E-state index in [0.29, 0.717) is 25.0 Å². The predicted octanol–water partition coefficient (Wildman–Crippen LogP) is 3.14. The van der Waals surface area contributed by atoms with E-state index >= 15 is 0 Å². The zero-order chi connectivity index (χ0) is 16.4. The number of thiazole rings is 1. The van der Waals surface area contributed by atoms with Gasteiger partial charge >= 0.3 is 6.03 Å². The van der Waals surface area contributed by atoms with Gasteiger partial charge in [0.1, 0.15) is 10.8 Å². The highest BCUT2D eigenvalue weighted by molar-refractivity contribution is 7.09. The molecule has 0 bridgehead atoms. The molecule has 2 aromatic rings. The Kier molecular flexibility index (Phi) is 4.38. The largest absolute Gasteiger partial charge is 0.493 e. The van der Waals surface area contributed by atoms with Crippen LogP contribution in [0.4, 0.5) is 4.79 Å². The maximum absolute atomic E-state index is 12.3. The number of para-hydroxylation sites is 1. The molecule has 24 heavy (non-hydrogen) atoms. The van der Waals surface area contributed by atoms with Crippen LogP contribution in [0.25, 0.3) is 0 Å². The van der Waals surface area contributed by atoms with Crippen molar-refractivity contribution in [3.63, 3.8) is 0 Å². The molecular weight excluding hydrogens is 322 g/mol. The molecule has 0 radical (unpaired) electrons. The molecule has 2 atom stereocenters. The number of aromatic nitrogens is 1. The average molecular weight is 343 g/mol. The third-order valence-corrected chi connectivity index (χ3v) is 5.46. The van der Waals surface area contributed by atoms with Crippen LogP contribution in [0.3, 0.4) is 0 Å². The predicted molar refractivity (Wildman–Crippen MR) is 93.2 cm³/mol. The summed E-state index contributed by atoms with van der Waals surface area (Å²) >= 11 is 1.61. The lowest BCUT2D eigenvalue weighted by Gasteiger charge is -2.25. The molecule has 2 heterocycles. The van der Waals surface area contributed by atoms with E-state index in [4.69, 9.17) is 4.74 Å². The fraction of sp³-hybridized carbons (Fsp3) is 0.444. The Bertz CT molecular complexity index is 700. The molecule has 126 valence electrons. The first-order valence-electron chi connectivity index (χ1n) is 8.44. The lowest BCUT2D eigenvalue weighted by Crippen LogP contribution is -2.42. The van der Waals surface area contributed by atoms with E-state index < -0.39 is 0 Å². The summed E-state index contributed by atoms with van der Waals surface area (Å²) in [5.41, 5.74) is 1.22. The van der Waals surface area contributed by atoms with Gasteiger partial charge in [0.25, 0.3) is 0 Å². The van der Waals surface area contributed by atoms with Gasteiger partial charge in [0.15, 0.2) is 0 Å². The van der Waals surface area contributed by atoms with Crippen molar-refractivity contribution in [2.45, 2.75) is 25.3 Å². The van der Waals surface area contributed by atoms with Crippen LogP contribution in [0, 0.1) is 11.8 Å². The standard InChI is InChI=1S/C18H21N3O2S/c22-18(21-16(13-5-6-13)17-19-7-8-24-17)20-10-12-9-14-3-1-2-4-15(14)23-11-12/h1-4,7-8,12-13,16H,5-6,9-11H2,(H2,20,21,22)/t12-,16-/m1/s1. The number of rotatable bonds is 5. The maximum Gasteiger partial charge on any atom is 0.315 e. The van der Waals surface area contributed by atoms with Crippen LogP contribution >= 0.6 is 11.3 Å². The summed E-state index contributed by atoms with van der Waals surface area (Å²) in [5, 5.41) is 9.06. The number of ether oxygens (including phenoxy) is 1. The van der Waals surface area contributed by atoms with Gasteiger partial charge < -0.3 is 15.4 Å². The van der Waals surface area contributed by atoms with Gasteiger partial charge in [0.2, 0.25) is 0 Å². The SMILES string of the molecule is O=C(NC[C@@H]1COc2ccccc2C1)N[C@@H](c1nccs1)C1CC1. The summed E-state index contributed by atoms with van der Waals surface area (Å²) in [6, 6.07) is 8.04. The molecule has 6 heteroatoms. The Morgan fingerprint density at radius 2 is 2.25 bits per heavy atom. The molecule has 2 N–H and O–H groups in total. The van der Waals surface area contributed by atoms with Gasteiger partial charge in [-0.2, -0.15) is 0 Å². The van der Waals surface area contributed by atoms with Crippen LogP contribution < -0.4 is 15.4 Å². The highest BCUT2D eigenvalue weighted by atomic mass is 32.1. The summed E-state index contributed by atoms with van der Waals surface area (Å²) in [6.45, 7) is 1.27. The molecule has 4 rings (SSSR count). The number of hydrogen-bond donors (Lipinski definition) is 2. The van der Waals surface area contributed by atoms with Gasteiger partial charge in [0.05, 0.1) is 12.6 Å². The normalized spacial score (nSPS) is 20.6. The van der Waals surface area contributed by atoms with Crippen LogP contribution in [0.2, 0.25) is 0 Å². The molecule has 2 amide bonds. The minimum atomic E-state index is -0.110. The van der Waals surface area contributed by atoms with E-state index in [9.17, 15) is 4.79 Å². The quantitative estimate of drug-likeness (QED) is 0.877. The third kappa shape index (κ3) is 3.53. The van der Waals surface area contributed by atoms with E-state index in [0.717, 1.165) is 30.0 Å². The highest BCUT2D eigenvalue weighted by Gasteiger charge is 2.35. The molecule has 5 nitrogen and oxygen atoms in total. The molecule has 1 aliphatic heterocycles. The summed E-state index contributed by atoms with van der Waals surface area (Å²) in [6.07, 6.45) is 5.07. The summed E-state index contributed by atoms with van der Waals surface area (Å²) in [7, 11) is 0. The van der Waals surface area contributed by atoms with Gasteiger partial charge in [-0.1, -0.05) is 18.2 Å². The molecule has 0 unspecified atom stereocenters. The Balaban J connectivity index is 1.29. The molecule has 1 fully saturated rings. The number of nitrogens with zero attached hydrogens (tertiary/aromatic N) is 1. The first-order valence-corrected chi connectivity index (χ1v) is 9.32. The number of benzene rings is 1. The number of fused-ring (bicyclic) bond motifs is 1. The molecule has 0 spiro atoms. The maximum atomic E-state index is 12.3. The van der Waals surface area contributed by atoms with Crippen LogP contribution in [0.1, 0.15) is 29.5 Å². The zero-order valence-corrected chi connectivity index (χ0v) is 14.2. The fourth-order valence-corrected chi connectivity index (χ4v) is 3.93. The van der Waals surface area contributed by atoms with Crippen molar-refractivity contribution in [2.75, 3.05) is 13.2 Å². The Morgan fingerprint density at radius 1 is 1.38 bits per heavy atom. The minimum Gasteiger partial charge on any atom is -0.493 e. The van der Waals surface area contributed by atoms with Gasteiger partial charge in [-0.3, -0.25) is 0 Å². The van der Waals surface area contributed by atoms with Crippen LogP contribution in [-0.2, 0) is 6.42 Å². The molecule has 1 aliphatic carbocycles. The number of hydrogen-bond acceptors (Lipinski definition) is 4. The van der Waals surface area contributed by atoms with Crippen molar-refractivity contribution < 1.29 is 9.53 Å². The lowest BCUT2D eigenvalue weighted by molar-refractivity contribution is 0.209. The number of nitrogens with one attached hydrogen (secondary N) is 2. The third-order valence-electron chi connectivity index (χ3n) is 4.60. The smallest absolute Gasteiger partial charge is 0.315 e. The monoisotopic (exact) mass is 343 g/mol. The van der Waals surface area contributed by atoms with Gasteiger partial charge in [-0.25, -0.2) is 9.78 Å². The van der Waals surface area contributed by atoms with Crippen molar-refractivity contribution in [2.24, 2.45) is 11.8 Å². The zero-order valence-electron chi connectivity index (χ0n) is 13.4. The van der Waals surface area contributed by atoms with Crippen molar-refractivity contribution in [3.8, 4) is 5.75 Å². The molecular formula is C18H21N3O2S. The molecule has 0 saturated heterocycles.